The van der Waals surface area contributed by atoms with Crippen molar-refractivity contribution in [3.63, 3.8) is 0 Å². The van der Waals surface area contributed by atoms with Crippen molar-refractivity contribution < 1.29 is 18.8 Å². The molecule has 0 fully saturated rings. The fraction of sp³-hybridized carbons (Fsp3) is 0.200. The van der Waals surface area contributed by atoms with E-state index in [2.05, 4.69) is 19.4 Å². The smallest absolute Gasteiger partial charge is 0.269 e. The molecule has 4 aromatic rings. The number of nitro benzene ring substituents is 1. The minimum atomic E-state index is -1.78. The number of aliphatic hydroxyl groups is 1. The van der Waals surface area contributed by atoms with Crippen molar-refractivity contribution in [1.29, 1.82) is 0 Å². The van der Waals surface area contributed by atoms with Crippen LogP contribution in [0.25, 0.3) is 11.4 Å². The molecule has 9 nitrogen and oxygen atoms in total. The molecule has 0 radical (unpaired) electrons. The SMILES string of the molecule is C[C@@H](Sc1nc(-c2ccc([N+](=O)[O-])cc2)ns1)[C@](O)(Cn1cncn1)c1ccc(F)cc1F. The molecule has 0 saturated carbocycles. The highest BCUT2D eigenvalue weighted by Crippen LogP contribution is 2.40. The molecule has 0 aliphatic rings. The zero-order chi connectivity index (χ0) is 23.6. The maximum Gasteiger partial charge on any atom is 0.269 e. The number of rotatable bonds is 8. The van der Waals surface area contributed by atoms with Crippen molar-refractivity contribution >= 4 is 29.0 Å². The molecule has 0 bridgehead atoms. The Balaban J connectivity index is 1.61. The van der Waals surface area contributed by atoms with Crippen molar-refractivity contribution in [2.24, 2.45) is 0 Å². The molecule has 1 N–H and O–H groups in total. The highest BCUT2D eigenvalue weighted by Gasteiger charge is 2.40. The lowest BCUT2D eigenvalue weighted by Crippen LogP contribution is -2.41. The van der Waals surface area contributed by atoms with Gasteiger partial charge in [-0.2, -0.15) is 9.47 Å². The van der Waals surface area contributed by atoms with Gasteiger partial charge >= 0.3 is 0 Å². The number of nitro groups is 1. The number of nitrogens with zero attached hydrogens (tertiary/aromatic N) is 6. The summed E-state index contributed by atoms with van der Waals surface area (Å²) in [6.07, 6.45) is 2.68. The van der Waals surface area contributed by atoms with Gasteiger partial charge in [-0.1, -0.05) is 17.8 Å². The van der Waals surface area contributed by atoms with Gasteiger partial charge in [-0.3, -0.25) is 10.1 Å². The standard InChI is InChI=1S/C20H16F2N6O3S2/c1-12(32-19-25-18(26-33-19)13-2-5-15(6-3-13)28(30)31)20(29,9-27-11-23-10-24-27)16-7-4-14(21)8-17(16)22/h2-8,10-12,29H,9H2,1H3/t12-,20-/m1/s1. The van der Waals surface area contributed by atoms with Crippen molar-refractivity contribution in [1.82, 2.24) is 24.1 Å². The van der Waals surface area contributed by atoms with Crippen LogP contribution in [0.3, 0.4) is 0 Å². The Morgan fingerprint density at radius 1 is 1.27 bits per heavy atom. The van der Waals surface area contributed by atoms with Crippen molar-refractivity contribution in [2.75, 3.05) is 0 Å². The van der Waals surface area contributed by atoms with E-state index in [9.17, 15) is 24.0 Å². The number of aromatic nitrogens is 5. The van der Waals surface area contributed by atoms with Gasteiger partial charge in [0.25, 0.3) is 5.69 Å². The first-order valence-corrected chi connectivity index (χ1v) is 11.2. The van der Waals surface area contributed by atoms with Crippen LogP contribution in [0, 0.1) is 21.7 Å². The summed E-state index contributed by atoms with van der Waals surface area (Å²) in [6, 6.07) is 8.83. The molecule has 0 unspecified atom stereocenters. The van der Waals surface area contributed by atoms with Crippen LogP contribution < -0.4 is 0 Å². The van der Waals surface area contributed by atoms with E-state index in [4.69, 9.17) is 0 Å². The third-order valence-corrected chi connectivity index (χ3v) is 7.02. The Bertz CT molecular complexity index is 1270. The highest BCUT2D eigenvalue weighted by molar-refractivity contribution is 8.01. The molecule has 0 aliphatic carbocycles. The van der Waals surface area contributed by atoms with Crippen LogP contribution in [-0.2, 0) is 12.1 Å². The van der Waals surface area contributed by atoms with E-state index >= 15 is 0 Å². The van der Waals surface area contributed by atoms with Crippen LogP contribution in [0.4, 0.5) is 14.5 Å². The highest BCUT2D eigenvalue weighted by atomic mass is 32.2. The third kappa shape index (κ3) is 4.89. The van der Waals surface area contributed by atoms with Gasteiger partial charge in [0.15, 0.2) is 10.2 Å². The van der Waals surface area contributed by atoms with Gasteiger partial charge in [0.2, 0.25) is 0 Å². The molecule has 0 spiro atoms. The topological polar surface area (TPSA) is 120 Å². The summed E-state index contributed by atoms with van der Waals surface area (Å²) in [7, 11) is 0. The number of hydrogen-bond donors (Lipinski definition) is 1. The Labute approximate surface area is 194 Å². The monoisotopic (exact) mass is 490 g/mol. The van der Waals surface area contributed by atoms with Gasteiger partial charge in [0.1, 0.15) is 29.9 Å². The van der Waals surface area contributed by atoms with Crippen LogP contribution in [0.15, 0.2) is 59.5 Å². The molecular weight excluding hydrogens is 474 g/mol. The maximum absolute atomic E-state index is 14.7. The Morgan fingerprint density at radius 3 is 2.67 bits per heavy atom. The van der Waals surface area contributed by atoms with Crippen molar-refractivity contribution in [3.8, 4) is 11.4 Å². The predicted octanol–water partition coefficient (Wildman–Crippen LogP) is 4.05. The molecule has 13 heteroatoms. The zero-order valence-electron chi connectivity index (χ0n) is 17.0. The van der Waals surface area contributed by atoms with Crippen LogP contribution in [0.1, 0.15) is 12.5 Å². The van der Waals surface area contributed by atoms with E-state index in [0.29, 0.717) is 15.7 Å². The lowest BCUT2D eigenvalue weighted by atomic mass is 9.90. The lowest BCUT2D eigenvalue weighted by molar-refractivity contribution is -0.384. The minimum Gasteiger partial charge on any atom is -0.382 e. The van der Waals surface area contributed by atoms with E-state index in [1.165, 1.54) is 47.3 Å². The number of halogens is 2. The van der Waals surface area contributed by atoms with E-state index in [1.54, 1.807) is 19.1 Å². The molecular formula is C20H16F2N6O3S2. The second kappa shape index (κ2) is 9.29. The molecule has 2 atom stereocenters. The van der Waals surface area contributed by atoms with E-state index in [0.717, 1.165) is 23.7 Å². The summed E-state index contributed by atoms with van der Waals surface area (Å²) >= 11 is 2.25. The van der Waals surface area contributed by atoms with Gasteiger partial charge in [-0.15, -0.1) is 0 Å². The second-order valence-corrected chi connectivity index (χ2v) is 9.43. The van der Waals surface area contributed by atoms with Crippen molar-refractivity contribution in [2.45, 2.75) is 28.7 Å². The average molecular weight is 491 g/mol. The fourth-order valence-corrected chi connectivity index (χ4v) is 5.18. The predicted molar refractivity (Wildman–Crippen MR) is 118 cm³/mol. The number of non-ortho nitro benzene ring substituents is 1. The first-order valence-electron chi connectivity index (χ1n) is 9.52. The zero-order valence-corrected chi connectivity index (χ0v) is 18.6. The summed E-state index contributed by atoms with van der Waals surface area (Å²) < 4.78 is 34.3. The molecule has 170 valence electrons. The Morgan fingerprint density at radius 2 is 2.03 bits per heavy atom. The van der Waals surface area contributed by atoms with E-state index < -0.39 is 27.4 Å². The lowest BCUT2D eigenvalue weighted by Gasteiger charge is -2.33. The number of benzene rings is 2. The van der Waals surface area contributed by atoms with Crippen LogP contribution >= 0.6 is 23.3 Å². The summed E-state index contributed by atoms with van der Waals surface area (Å²) in [6.45, 7) is 1.56. The first-order chi connectivity index (χ1) is 15.8. The van der Waals surface area contributed by atoms with Gasteiger partial charge in [-0.25, -0.2) is 23.4 Å². The molecule has 33 heavy (non-hydrogen) atoms. The molecule has 0 saturated heterocycles. The second-order valence-electron chi connectivity index (χ2n) is 7.09. The van der Waals surface area contributed by atoms with Crippen LogP contribution in [0.2, 0.25) is 0 Å². The molecule has 4 rings (SSSR count). The Hall–Kier alpha value is -3.29. The summed E-state index contributed by atoms with van der Waals surface area (Å²) in [5.74, 6) is -1.26. The molecule has 2 heterocycles. The average Bonchev–Trinajstić information content (AvgIpc) is 3.46. The maximum atomic E-state index is 14.7. The molecule has 0 amide bonds. The van der Waals surface area contributed by atoms with Gasteiger partial charge in [0.05, 0.1) is 11.5 Å². The summed E-state index contributed by atoms with van der Waals surface area (Å²) in [5.41, 5.74) is -1.31. The van der Waals surface area contributed by atoms with Crippen LogP contribution in [-0.4, -0.2) is 39.4 Å². The summed E-state index contributed by atoms with van der Waals surface area (Å²) in [4.78, 5) is 18.6. The number of hydrogen-bond acceptors (Lipinski definition) is 9. The molecule has 2 aromatic carbocycles. The normalized spacial score (nSPS) is 14.1. The van der Waals surface area contributed by atoms with Gasteiger partial charge in [0, 0.05) is 34.6 Å². The minimum absolute atomic E-state index is 0.0447. The molecule has 2 aromatic heterocycles. The summed E-state index contributed by atoms with van der Waals surface area (Å²) in [5, 5.41) is 25.8. The van der Waals surface area contributed by atoms with Gasteiger partial charge in [-0.05, 0) is 36.7 Å². The quantitative estimate of drug-likeness (QED) is 0.223. The number of thioether (sulfide) groups is 1. The van der Waals surface area contributed by atoms with Crippen LogP contribution in [0.5, 0.6) is 0 Å². The Kier molecular flexibility index (Phi) is 6.44. The largest absolute Gasteiger partial charge is 0.382 e. The van der Waals surface area contributed by atoms with Gasteiger partial charge < -0.3 is 5.11 Å². The van der Waals surface area contributed by atoms with Crippen molar-refractivity contribution in [3.05, 3.63) is 82.4 Å². The molecule has 0 aliphatic heterocycles. The fourth-order valence-electron chi connectivity index (χ4n) is 3.19. The first kappa shape index (κ1) is 22.9. The van der Waals surface area contributed by atoms with E-state index in [1.807, 2.05) is 0 Å². The third-order valence-electron chi connectivity index (χ3n) is 4.96. The van der Waals surface area contributed by atoms with E-state index in [-0.39, 0.29) is 17.8 Å².